The number of primary amides is 1. The summed E-state index contributed by atoms with van der Waals surface area (Å²) >= 11 is 0. The molecule has 5 heteroatoms. The lowest BCUT2D eigenvalue weighted by molar-refractivity contribution is -0.129. The van der Waals surface area contributed by atoms with Crippen LogP contribution in [0, 0.1) is 0 Å². The van der Waals surface area contributed by atoms with E-state index in [-0.39, 0.29) is 0 Å². The van der Waals surface area contributed by atoms with Crippen molar-refractivity contribution in [3.05, 3.63) is 0 Å². The fraction of sp³-hybridized carbons (Fsp3) is 0.800. The Morgan fingerprint density at radius 2 is 2.40 bits per heavy atom. The van der Waals surface area contributed by atoms with E-state index in [1.807, 2.05) is 0 Å². The average molecular weight is 145 g/mol. The molecule has 0 saturated carbocycles. The molecule has 1 heterocycles. The van der Waals surface area contributed by atoms with Crippen LogP contribution in [0.2, 0.25) is 0 Å². The maximum Gasteiger partial charge on any atom is 0.238 e. The van der Waals surface area contributed by atoms with Gasteiger partial charge in [-0.1, -0.05) is 0 Å². The summed E-state index contributed by atoms with van der Waals surface area (Å²) in [4.78, 5) is 10.6. The van der Waals surface area contributed by atoms with Gasteiger partial charge in [0.15, 0.2) is 0 Å². The summed E-state index contributed by atoms with van der Waals surface area (Å²) in [6.07, 6.45) is 0. The van der Waals surface area contributed by atoms with Gasteiger partial charge in [-0.3, -0.25) is 10.6 Å². The molecular formula is C5H11N3O2. The Balaban J connectivity index is 2.47. The van der Waals surface area contributed by atoms with Gasteiger partial charge in [-0.05, 0) is 0 Å². The number of hydrazine groups is 1. The number of carbonyl (C=O) groups excluding carboxylic acids is 1. The zero-order chi connectivity index (χ0) is 7.56. The number of hydrogen-bond donors (Lipinski definition) is 2. The molecule has 1 unspecified atom stereocenters. The van der Waals surface area contributed by atoms with Crippen molar-refractivity contribution in [2.45, 2.75) is 6.04 Å². The van der Waals surface area contributed by atoms with E-state index in [9.17, 15) is 4.79 Å². The first-order valence-electron chi connectivity index (χ1n) is 3.10. The van der Waals surface area contributed by atoms with E-state index in [4.69, 9.17) is 16.3 Å². The normalized spacial score (nSPS) is 28.3. The van der Waals surface area contributed by atoms with Gasteiger partial charge in [0.2, 0.25) is 5.91 Å². The highest BCUT2D eigenvalue weighted by atomic mass is 16.5. The standard InChI is InChI=1S/C5H11N3O2/c6-5(9)4-3-10-2-1-8(4)7/h4H,1-3,7H2,(H2,6,9). The van der Waals surface area contributed by atoms with Crippen molar-refractivity contribution in [3.8, 4) is 0 Å². The molecule has 0 bridgehead atoms. The number of amides is 1. The van der Waals surface area contributed by atoms with Crippen molar-refractivity contribution in [1.82, 2.24) is 5.01 Å². The lowest BCUT2D eigenvalue weighted by atomic mass is 10.2. The Labute approximate surface area is 58.9 Å². The molecule has 0 aliphatic carbocycles. The lowest BCUT2D eigenvalue weighted by Gasteiger charge is -2.28. The fourth-order valence-corrected chi connectivity index (χ4v) is 0.862. The van der Waals surface area contributed by atoms with Crippen molar-refractivity contribution < 1.29 is 9.53 Å². The number of nitrogens with two attached hydrogens (primary N) is 2. The Kier molecular flexibility index (Phi) is 2.21. The number of nitrogens with zero attached hydrogens (tertiary/aromatic N) is 1. The second-order valence-corrected chi connectivity index (χ2v) is 2.23. The van der Waals surface area contributed by atoms with Gasteiger partial charge >= 0.3 is 0 Å². The van der Waals surface area contributed by atoms with Crippen molar-refractivity contribution in [2.75, 3.05) is 19.8 Å². The number of morpholine rings is 1. The van der Waals surface area contributed by atoms with Crippen LogP contribution in [0.4, 0.5) is 0 Å². The van der Waals surface area contributed by atoms with Crippen LogP contribution in [-0.4, -0.2) is 36.7 Å². The highest BCUT2D eigenvalue weighted by molar-refractivity contribution is 5.79. The van der Waals surface area contributed by atoms with Crippen LogP contribution in [0.3, 0.4) is 0 Å². The maximum absolute atomic E-state index is 10.6. The van der Waals surface area contributed by atoms with Gasteiger partial charge < -0.3 is 10.5 Å². The average Bonchev–Trinajstić information content (AvgIpc) is 1.88. The van der Waals surface area contributed by atoms with E-state index in [2.05, 4.69) is 0 Å². The molecule has 0 spiro atoms. The van der Waals surface area contributed by atoms with Crippen LogP contribution in [0.5, 0.6) is 0 Å². The minimum Gasteiger partial charge on any atom is -0.378 e. The number of carbonyl (C=O) groups is 1. The molecule has 0 aromatic heterocycles. The molecule has 5 nitrogen and oxygen atoms in total. The molecule has 0 aromatic carbocycles. The highest BCUT2D eigenvalue weighted by Crippen LogP contribution is 1.99. The van der Waals surface area contributed by atoms with Gasteiger partial charge in [0.05, 0.1) is 13.2 Å². The molecule has 1 atom stereocenters. The molecule has 1 aliphatic heterocycles. The molecule has 1 fully saturated rings. The van der Waals surface area contributed by atoms with Crippen LogP contribution >= 0.6 is 0 Å². The summed E-state index contributed by atoms with van der Waals surface area (Å²) in [6, 6.07) is -0.450. The van der Waals surface area contributed by atoms with E-state index in [0.29, 0.717) is 19.8 Å². The Morgan fingerprint density at radius 1 is 1.70 bits per heavy atom. The number of ether oxygens (including phenoxy) is 1. The van der Waals surface area contributed by atoms with E-state index >= 15 is 0 Å². The predicted molar refractivity (Wildman–Crippen MR) is 34.7 cm³/mol. The van der Waals surface area contributed by atoms with Gasteiger partial charge in [-0.15, -0.1) is 0 Å². The summed E-state index contributed by atoms with van der Waals surface area (Å²) in [5.41, 5.74) is 5.02. The third kappa shape index (κ3) is 1.44. The van der Waals surface area contributed by atoms with Crippen molar-refractivity contribution in [2.24, 2.45) is 11.6 Å². The Hall–Kier alpha value is -0.650. The summed E-state index contributed by atoms with van der Waals surface area (Å²) in [5.74, 6) is 5.00. The van der Waals surface area contributed by atoms with Crippen LogP contribution in [-0.2, 0) is 9.53 Å². The van der Waals surface area contributed by atoms with Crippen molar-refractivity contribution in [3.63, 3.8) is 0 Å². The first-order valence-corrected chi connectivity index (χ1v) is 3.10. The quantitative estimate of drug-likeness (QED) is 0.420. The SMILES string of the molecule is NC(=O)C1COCCN1N. The Morgan fingerprint density at radius 3 is 2.80 bits per heavy atom. The van der Waals surface area contributed by atoms with Gasteiger partial charge in [0, 0.05) is 6.54 Å². The minimum atomic E-state index is -0.450. The van der Waals surface area contributed by atoms with Gasteiger partial charge in [0.25, 0.3) is 0 Å². The molecule has 1 rings (SSSR count). The third-order valence-electron chi connectivity index (χ3n) is 1.50. The molecular weight excluding hydrogens is 134 g/mol. The van der Waals surface area contributed by atoms with E-state index in [1.165, 1.54) is 5.01 Å². The second kappa shape index (κ2) is 2.96. The maximum atomic E-state index is 10.6. The molecule has 1 aliphatic rings. The fourth-order valence-electron chi connectivity index (χ4n) is 0.862. The molecule has 10 heavy (non-hydrogen) atoms. The molecule has 4 N–H and O–H groups in total. The Bertz CT molecular complexity index is 139. The molecule has 58 valence electrons. The zero-order valence-corrected chi connectivity index (χ0v) is 5.62. The summed E-state index contributed by atoms with van der Waals surface area (Å²) < 4.78 is 4.99. The molecule has 0 radical (unpaired) electrons. The summed E-state index contributed by atoms with van der Waals surface area (Å²) in [6.45, 7) is 1.44. The smallest absolute Gasteiger partial charge is 0.238 e. The highest BCUT2D eigenvalue weighted by Gasteiger charge is 2.24. The van der Waals surface area contributed by atoms with E-state index < -0.39 is 11.9 Å². The summed E-state index contributed by atoms with van der Waals surface area (Å²) in [5, 5.41) is 1.41. The number of hydrogen-bond acceptors (Lipinski definition) is 4. The van der Waals surface area contributed by atoms with Gasteiger partial charge in [-0.2, -0.15) is 0 Å². The van der Waals surface area contributed by atoms with Gasteiger partial charge in [0.1, 0.15) is 6.04 Å². The largest absolute Gasteiger partial charge is 0.378 e. The van der Waals surface area contributed by atoms with E-state index in [0.717, 1.165) is 0 Å². The minimum absolute atomic E-state index is 0.311. The first-order chi connectivity index (χ1) is 4.72. The van der Waals surface area contributed by atoms with Crippen molar-refractivity contribution in [1.29, 1.82) is 0 Å². The van der Waals surface area contributed by atoms with Crippen LogP contribution in [0.15, 0.2) is 0 Å². The molecule has 1 amide bonds. The zero-order valence-electron chi connectivity index (χ0n) is 5.62. The van der Waals surface area contributed by atoms with Crippen LogP contribution in [0.1, 0.15) is 0 Å². The van der Waals surface area contributed by atoms with Gasteiger partial charge in [-0.25, -0.2) is 5.01 Å². The summed E-state index contributed by atoms with van der Waals surface area (Å²) in [7, 11) is 0. The first kappa shape index (κ1) is 7.46. The third-order valence-corrected chi connectivity index (χ3v) is 1.50. The lowest BCUT2D eigenvalue weighted by Crippen LogP contribution is -2.55. The van der Waals surface area contributed by atoms with Crippen molar-refractivity contribution >= 4 is 5.91 Å². The monoisotopic (exact) mass is 145 g/mol. The van der Waals surface area contributed by atoms with Crippen LogP contribution in [0.25, 0.3) is 0 Å². The van der Waals surface area contributed by atoms with E-state index in [1.54, 1.807) is 0 Å². The predicted octanol–water partition coefficient (Wildman–Crippen LogP) is -1.95. The molecule has 1 saturated heterocycles. The molecule has 0 aromatic rings. The topological polar surface area (TPSA) is 81.6 Å². The van der Waals surface area contributed by atoms with Crippen LogP contribution < -0.4 is 11.6 Å². The number of rotatable bonds is 1. The second-order valence-electron chi connectivity index (χ2n) is 2.23.